The van der Waals surface area contributed by atoms with E-state index in [0.29, 0.717) is 10.7 Å². The predicted molar refractivity (Wildman–Crippen MR) is 145 cm³/mol. The number of para-hydroxylation sites is 1. The van der Waals surface area contributed by atoms with Gasteiger partial charge in [0.25, 0.3) is 5.91 Å². The first-order valence-electron chi connectivity index (χ1n) is 12.2. The maximum Gasteiger partial charge on any atom is 0.273 e. The number of ether oxygens (including phenoxy) is 1. The second kappa shape index (κ2) is 9.25. The van der Waals surface area contributed by atoms with Crippen molar-refractivity contribution in [1.29, 1.82) is 0 Å². The second-order valence-electron chi connectivity index (χ2n) is 9.07. The molecule has 180 valence electrons. The average Bonchev–Trinajstić information content (AvgIpc) is 3.32. The van der Waals surface area contributed by atoms with Gasteiger partial charge in [-0.2, -0.15) is 0 Å². The lowest BCUT2D eigenvalue weighted by atomic mass is 9.97. The molecule has 0 atom stereocenters. The Hall–Kier alpha value is -3.96. The molecule has 0 radical (unpaired) electrons. The van der Waals surface area contributed by atoms with Crippen LogP contribution in [0.4, 0.5) is 5.69 Å². The van der Waals surface area contributed by atoms with Gasteiger partial charge >= 0.3 is 0 Å². The van der Waals surface area contributed by atoms with Crippen molar-refractivity contribution in [2.75, 3.05) is 12.4 Å². The Bertz CT molecular complexity index is 1550. The van der Waals surface area contributed by atoms with Crippen LogP contribution in [0.2, 0.25) is 5.02 Å². The van der Waals surface area contributed by atoms with Crippen LogP contribution in [0.15, 0.2) is 85.1 Å². The molecule has 0 saturated carbocycles. The zero-order valence-corrected chi connectivity index (χ0v) is 20.8. The van der Waals surface area contributed by atoms with Crippen molar-refractivity contribution < 1.29 is 9.53 Å². The van der Waals surface area contributed by atoms with Crippen molar-refractivity contribution in [3.8, 4) is 28.1 Å². The first-order valence-corrected chi connectivity index (χ1v) is 12.5. The highest BCUT2D eigenvalue weighted by Gasteiger charge is 2.29. The van der Waals surface area contributed by atoms with E-state index in [4.69, 9.17) is 16.3 Å². The van der Waals surface area contributed by atoms with Gasteiger partial charge in [-0.05, 0) is 78.9 Å². The van der Waals surface area contributed by atoms with Crippen molar-refractivity contribution >= 4 is 28.8 Å². The molecule has 0 aliphatic carbocycles. The molecule has 1 aliphatic heterocycles. The molecule has 36 heavy (non-hydrogen) atoms. The summed E-state index contributed by atoms with van der Waals surface area (Å²) in [7, 11) is 1.67. The highest BCUT2D eigenvalue weighted by molar-refractivity contribution is 6.30. The smallest absolute Gasteiger partial charge is 0.273 e. The number of benzene rings is 3. The van der Waals surface area contributed by atoms with E-state index in [9.17, 15) is 4.79 Å². The number of halogens is 1. The summed E-state index contributed by atoms with van der Waals surface area (Å²) < 4.78 is 9.81. The summed E-state index contributed by atoms with van der Waals surface area (Å²) in [5, 5.41) is 3.79. The molecule has 0 bridgehead atoms. The number of rotatable bonds is 5. The highest BCUT2D eigenvalue weighted by Crippen LogP contribution is 2.40. The molecule has 1 N–H and O–H groups in total. The van der Waals surface area contributed by atoms with Gasteiger partial charge in [-0.15, -0.1) is 0 Å². The molecule has 3 heterocycles. The standard InChI is InChI=1S/C30H26ClN3O2/c1-36-24-16-12-20(13-17-24)26-19-34-28(29(35)32-23-7-3-2-4-8-23)27(21-10-14-22(31)15-11-21)25-9-5-6-18-33(26)30(25)34/h2-4,7-8,10-17,19H,5-6,9,18H2,1H3,(H,32,35). The topological polar surface area (TPSA) is 47.7 Å². The van der Waals surface area contributed by atoms with Crippen LogP contribution in [0.1, 0.15) is 28.9 Å². The number of carbonyl (C=O) groups is 1. The number of aryl methyl sites for hydroxylation is 2. The fourth-order valence-corrected chi connectivity index (χ4v) is 5.37. The minimum Gasteiger partial charge on any atom is -0.497 e. The van der Waals surface area contributed by atoms with E-state index in [2.05, 4.69) is 32.6 Å². The van der Waals surface area contributed by atoms with E-state index in [0.717, 1.165) is 65.3 Å². The molecule has 0 fully saturated rings. The Balaban J connectivity index is 1.60. The fraction of sp³-hybridized carbons (Fsp3) is 0.167. The largest absolute Gasteiger partial charge is 0.497 e. The first-order chi connectivity index (χ1) is 17.6. The minimum atomic E-state index is -0.133. The first kappa shape index (κ1) is 22.5. The predicted octanol–water partition coefficient (Wildman–Crippen LogP) is 7.33. The molecule has 3 aromatic carbocycles. The summed E-state index contributed by atoms with van der Waals surface area (Å²) in [6, 6.07) is 25.5. The molecule has 2 aromatic heterocycles. The summed E-state index contributed by atoms with van der Waals surface area (Å²) in [4.78, 5) is 13.9. The van der Waals surface area contributed by atoms with Gasteiger partial charge in [-0.25, -0.2) is 0 Å². The molecule has 1 aliphatic rings. The lowest BCUT2D eigenvalue weighted by Gasteiger charge is -2.10. The van der Waals surface area contributed by atoms with Crippen molar-refractivity contribution in [2.24, 2.45) is 0 Å². The molecule has 0 saturated heterocycles. The third-order valence-corrected chi connectivity index (χ3v) is 7.15. The van der Waals surface area contributed by atoms with Gasteiger partial charge in [-0.1, -0.05) is 41.9 Å². The van der Waals surface area contributed by atoms with Crippen LogP contribution < -0.4 is 10.1 Å². The molecular formula is C30H26ClN3O2. The molecular weight excluding hydrogens is 470 g/mol. The maximum atomic E-state index is 13.9. The Kier molecular flexibility index (Phi) is 5.78. The molecule has 6 rings (SSSR count). The quantitative estimate of drug-likeness (QED) is 0.277. The van der Waals surface area contributed by atoms with E-state index in [-0.39, 0.29) is 5.91 Å². The number of hydrogen-bond acceptors (Lipinski definition) is 2. The van der Waals surface area contributed by atoms with Crippen LogP contribution in [0.25, 0.3) is 28.0 Å². The van der Waals surface area contributed by atoms with E-state index in [1.165, 1.54) is 5.56 Å². The number of amides is 1. The van der Waals surface area contributed by atoms with Crippen molar-refractivity contribution in [1.82, 2.24) is 8.97 Å². The summed E-state index contributed by atoms with van der Waals surface area (Å²) in [6.07, 6.45) is 5.15. The van der Waals surface area contributed by atoms with Gasteiger partial charge in [-0.3, -0.25) is 9.20 Å². The Morgan fingerprint density at radius 3 is 2.36 bits per heavy atom. The summed E-state index contributed by atoms with van der Waals surface area (Å²) in [5.41, 5.74) is 7.85. The zero-order chi connectivity index (χ0) is 24.6. The summed E-state index contributed by atoms with van der Waals surface area (Å²) in [6.45, 7) is 0.897. The van der Waals surface area contributed by atoms with Crippen LogP contribution in [-0.4, -0.2) is 22.0 Å². The lowest BCUT2D eigenvalue weighted by Crippen LogP contribution is -2.15. The van der Waals surface area contributed by atoms with Crippen molar-refractivity contribution in [3.05, 3.63) is 101 Å². The Morgan fingerprint density at radius 1 is 0.917 bits per heavy atom. The van der Waals surface area contributed by atoms with Gasteiger partial charge in [0, 0.05) is 34.6 Å². The third kappa shape index (κ3) is 3.86. The van der Waals surface area contributed by atoms with Crippen LogP contribution in [0, 0.1) is 0 Å². The molecule has 6 heteroatoms. The number of aromatic nitrogens is 2. The fourth-order valence-electron chi connectivity index (χ4n) is 5.24. The third-order valence-electron chi connectivity index (χ3n) is 6.90. The molecule has 0 unspecified atom stereocenters. The normalized spacial score (nSPS) is 12.9. The molecule has 5 aromatic rings. The molecule has 5 nitrogen and oxygen atoms in total. The second-order valence-corrected chi connectivity index (χ2v) is 9.51. The van der Waals surface area contributed by atoms with Crippen LogP contribution in [0.3, 0.4) is 0 Å². The van der Waals surface area contributed by atoms with E-state index in [1.54, 1.807) is 7.11 Å². The Labute approximate surface area is 214 Å². The SMILES string of the molecule is COc1ccc(-c2cn3c(C(=O)Nc4ccccc4)c(-c4ccc(Cl)cc4)c4c3n2CCCC4)cc1. The van der Waals surface area contributed by atoms with Crippen molar-refractivity contribution in [3.63, 3.8) is 0 Å². The highest BCUT2D eigenvalue weighted by atomic mass is 35.5. The average molecular weight is 496 g/mol. The Morgan fingerprint density at radius 2 is 1.64 bits per heavy atom. The summed E-state index contributed by atoms with van der Waals surface area (Å²) >= 11 is 6.22. The zero-order valence-electron chi connectivity index (χ0n) is 20.0. The lowest BCUT2D eigenvalue weighted by molar-refractivity contribution is 0.102. The molecule has 0 spiro atoms. The number of methoxy groups -OCH3 is 1. The number of imidazole rings is 1. The number of carbonyl (C=O) groups excluding carboxylic acids is 1. The van der Waals surface area contributed by atoms with Crippen LogP contribution in [-0.2, 0) is 13.0 Å². The maximum absolute atomic E-state index is 13.9. The van der Waals surface area contributed by atoms with E-state index in [1.807, 2.05) is 66.7 Å². The minimum absolute atomic E-state index is 0.133. The van der Waals surface area contributed by atoms with Gasteiger partial charge < -0.3 is 14.6 Å². The van der Waals surface area contributed by atoms with Gasteiger partial charge in [0.15, 0.2) is 0 Å². The van der Waals surface area contributed by atoms with E-state index < -0.39 is 0 Å². The number of anilines is 1. The number of nitrogens with zero attached hydrogens (tertiary/aromatic N) is 2. The van der Waals surface area contributed by atoms with Crippen LogP contribution in [0.5, 0.6) is 5.75 Å². The van der Waals surface area contributed by atoms with Crippen LogP contribution >= 0.6 is 11.6 Å². The van der Waals surface area contributed by atoms with E-state index >= 15 is 0 Å². The van der Waals surface area contributed by atoms with Gasteiger partial charge in [0.1, 0.15) is 17.1 Å². The number of nitrogens with one attached hydrogen (secondary N) is 1. The van der Waals surface area contributed by atoms with Crippen molar-refractivity contribution in [2.45, 2.75) is 25.8 Å². The monoisotopic (exact) mass is 495 g/mol. The van der Waals surface area contributed by atoms with Gasteiger partial charge in [0.2, 0.25) is 0 Å². The van der Waals surface area contributed by atoms with Gasteiger partial charge in [0.05, 0.1) is 12.8 Å². The summed E-state index contributed by atoms with van der Waals surface area (Å²) in [5.74, 6) is 0.688. The number of hydrogen-bond donors (Lipinski definition) is 1. The molecule has 1 amide bonds.